The molecule has 0 amide bonds. The van der Waals surface area contributed by atoms with E-state index in [1.165, 1.54) is 151 Å². The van der Waals surface area contributed by atoms with Crippen LogP contribution in [0.3, 0.4) is 0 Å². The van der Waals surface area contributed by atoms with Crippen molar-refractivity contribution in [3.63, 3.8) is 0 Å². The second kappa shape index (κ2) is 15.1. The van der Waals surface area contributed by atoms with Crippen LogP contribution in [0.15, 0.2) is 96.1 Å². The molecule has 0 N–H and O–H groups in total. The van der Waals surface area contributed by atoms with Crippen LogP contribution in [0.4, 0.5) is 0 Å². The van der Waals surface area contributed by atoms with Crippen molar-refractivity contribution in [2.45, 2.75) is 129 Å². The van der Waals surface area contributed by atoms with E-state index in [0.29, 0.717) is 5.92 Å². The molecule has 2 unspecified atom stereocenters. The molecule has 4 aromatic rings. The summed E-state index contributed by atoms with van der Waals surface area (Å²) in [5.41, 5.74) is 16.9. The van der Waals surface area contributed by atoms with Gasteiger partial charge in [0, 0.05) is 0 Å². The molecule has 3 saturated carbocycles. The normalized spacial score (nSPS) is 23.2. The average Bonchev–Trinajstić information content (AvgIpc) is 3.96. The van der Waals surface area contributed by atoms with E-state index in [-0.39, 0.29) is 7.25 Å². The Balaban J connectivity index is 1.13. The van der Waals surface area contributed by atoms with E-state index >= 15 is 0 Å². The first-order chi connectivity index (χ1) is 26.2. The molecule has 9 rings (SSSR count). The van der Waals surface area contributed by atoms with Gasteiger partial charge in [0.25, 0.3) is 0 Å². The minimum absolute atomic E-state index is 0.122. The Hall–Kier alpha value is -1.96. The van der Waals surface area contributed by atoms with Gasteiger partial charge in [0.15, 0.2) is 0 Å². The molecule has 0 spiro atoms. The molecule has 0 heterocycles. The zero-order valence-corrected chi connectivity index (χ0v) is 38.0. The van der Waals surface area contributed by atoms with E-state index in [9.17, 15) is 0 Å². The van der Waals surface area contributed by atoms with Gasteiger partial charge in [-0.15, -0.1) is 0 Å². The van der Waals surface area contributed by atoms with E-state index in [1.54, 1.807) is 5.57 Å². The predicted molar refractivity (Wildman–Crippen MR) is 235 cm³/mol. The van der Waals surface area contributed by atoms with Crippen molar-refractivity contribution < 1.29 is 15.6 Å². The molecule has 0 radical (unpaired) electrons. The zero-order valence-electron chi connectivity index (χ0n) is 32.9. The van der Waals surface area contributed by atoms with Gasteiger partial charge in [-0.3, -0.25) is 0 Å². The van der Waals surface area contributed by atoms with Crippen molar-refractivity contribution >= 4 is 35.1 Å². The van der Waals surface area contributed by atoms with Crippen molar-refractivity contribution in [1.82, 2.24) is 0 Å². The molecule has 281 valence electrons. The van der Waals surface area contributed by atoms with Crippen LogP contribution in [0.5, 0.6) is 0 Å². The number of hydrogen-bond acceptors (Lipinski definition) is 0. The fraction of sp³-hybridized carbons (Fsp3) is 0.440. The van der Waals surface area contributed by atoms with Gasteiger partial charge >= 0.3 is 337 Å². The van der Waals surface area contributed by atoms with Crippen LogP contribution >= 0.6 is 17.0 Å². The van der Waals surface area contributed by atoms with Gasteiger partial charge in [-0.2, -0.15) is 0 Å². The van der Waals surface area contributed by atoms with Crippen molar-refractivity contribution in [2.75, 3.05) is 0 Å². The van der Waals surface area contributed by atoms with Gasteiger partial charge in [-0.25, -0.2) is 0 Å². The fourth-order valence-electron chi connectivity index (χ4n) is 12.0. The first kappa shape index (κ1) is 37.6. The standard InChI is InChI=1S/C26H29.C22H23.C2H7Si.2ClH.Zr/c1-2-7-19(8-3-1)21-13-15-22(16-14-21)25-12-6-11-23-17-24(18-26(23)25)20-9-4-5-10-20;1-16-14-20-8-5-9-21(22(20)15-16)19-12-10-18(11-13-19)17-6-3-2-4-7-17;1-3-2;;;/h6,11-20H,1-5,7-10H2;5,8-15,17H,2-4,6-7H2,1H3;3H,1-2H3;2*1H;/q;;;;;+2/p-2. The molecule has 0 aliphatic heterocycles. The van der Waals surface area contributed by atoms with E-state index in [1.807, 2.05) is 0 Å². The molecule has 4 aromatic carbocycles. The molecule has 0 saturated heterocycles. The Morgan fingerprint density at radius 1 is 0.500 bits per heavy atom. The summed E-state index contributed by atoms with van der Waals surface area (Å²) in [6.07, 6.45) is 23.8. The van der Waals surface area contributed by atoms with Crippen LogP contribution in [0, 0.1) is 5.92 Å². The quantitative estimate of drug-likeness (QED) is 0.155. The van der Waals surface area contributed by atoms with E-state index < -0.39 is 21.5 Å². The molecular weight excluding hydrogens is 791 g/mol. The third kappa shape index (κ3) is 6.41. The van der Waals surface area contributed by atoms with Gasteiger partial charge in [0.1, 0.15) is 0 Å². The van der Waals surface area contributed by atoms with Crippen molar-refractivity contribution in [3.8, 4) is 22.3 Å². The summed E-state index contributed by atoms with van der Waals surface area (Å²) in [6.45, 7) is 7.36. The van der Waals surface area contributed by atoms with E-state index in [2.05, 4.69) is 117 Å². The summed E-state index contributed by atoms with van der Waals surface area (Å²) in [4.78, 5) is 0. The Bertz CT molecular complexity index is 2070. The molecule has 0 nitrogen and oxygen atoms in total. The zero-order chi connectivity index (χ0) is 37.1. The maximum absolute atomic E-state index is 8.83. The average molecular weight is 850 g/mol. The van der Waals surface area contributed by atoms with Crippen LogP contribution < -0.4 is 0 Å². The Kier molecular flexibility index (Phi) is 10.5. The first-order valence-electron chi connectivity index (χ1n) is 21.7. The van der Waals surface area contributed by atoms with Gasteiger partial charge in [-0.1, -0.05) is 0 Å². The summed E-state index contributed by atoms with van der Waals surface area (Å²) in [6, 6.07) is 33.4. The maximum atomic E-state index is 8.83. The Labute approximate surface area is 334 Å². The van der Waals surface area contributed by atoms with E-state index in [4.69, 9.17) is 17.0 Å². The Morgan fingerprint density at radius 3 is 1.41 bits per heavy atom. The summed E-state index contributed by atoms with van der Waals surface area (Å²) < 4.78 is 0.274. The third-order valence-corrected chi connectivity index (χ3v) is 67.0. The van der Waals surface area contributed by atoms with Crippen LogP contribution in [0.2, 0.25) is 13.1 Å². The first-order valence-corrected chi connectivity index (χ1v) is 38.0. The molecule has 5 aliphatic rings. The number of halogens is 2. The van der Waals surface area contributed by atoms with Crippen molar-refractivity contribution in [1.29, 1.82) is 0 Å². The number of fused-ring (bicyclic) bond motifs is 2. The van der Waals surface area contributed by atoms with Gasteiger partial charge in [-0.05, 0) is 0 Å². The van der Waals surface area contributed by atoms with Crippen LogP contribution in [0.1, 0.15) is 149 Å². The summed E-state index contributed by atoms with van der Waals surface area (Å²) in [5.74, 6) is 0.383. The van der Waals surface area contributed by atoms with Crippen molar-refractivity contribution in [3.05, 3.63) is 129 Å². The second-order valence-corrected chi connectivity index (χ2v) is 60.8. The second-order valence-electron chi connectivity index (χ2n) is 18.3. The van der Waals surface area contributed by atoms with Crippen molar-refractivity contribution in [2.24, 2.45) is 5.92 Å². The molecule has 0 aromatic heterocycles. The van der Waals surface area contributed by atoms with E-state index in [0.717, 1.165) is 11.8 Å². The molecule has 0 bridgehead atoms. The summed E-state index contributed by atoms with van der Waals surface area (Å²) in [5, 5.41) is 0. The summed E-state index contributed by atoms with van der Waals surface area (Å²) in [7, 11) is 17.7. The summed E-state index contributed by atoms with van der Waals surface area (Å²) >= 11 is -4.84. The minimum atomic E-state index is -4.84. The molecule has 5 aliphatic carbocycles. The number of benzene rings is 4. The molecule has 4 heteroatoms. The predicted octanol–water partition coefficient (Wildman–Crippen LogP) is 15.9. The van der Waals surface area contributed by atoms with Gasteiger partial charge < -0.3 is 0 Å². The van der Waals surface area contributed by atoms with Crippen LogP contribution in [-0.2, 0) is 15.6 Å². The van der Waals surface area contributed by atoms with Crippen LogP contribution in [0.25, 0.3) is 34.4 Å². The van der Waals surface area contributed by atoms with Crippen LogP contribution in [-0.4, -0.2) is 5.92 Å². The number of allylic oxidation sites excluding steroid dienone is 2. The van der Waals surface area contributed by atoms with Gasteiger partial charge in [0.2, 0.25) is 0 Å². The topological polar surface area (TPSA) is 0 Å². The molecule has 54 heavy (non-hydrogen) atoms. The Morgan fingerprint density at radius 2 is 0.926 bits per heavy atom. The number of hydrogen-bond donors (Lipinski definition) is 0. The molecular formula is C50H59Cl2SiZr. The molecule has 3 fully saturated rings. The van der Waals surface area contributed by atoms with Gasteiger partial charge in [0.05, 0.1) is 0 Å². The monoisotopic (exact) mass is 847 g/mol. The number of rotatable bonds is 8. The third-order valence-electron chi connectivity index (χ3n) is 15.0. The fourth-order valence-corrected chi connectivity index (χ4v) is 44.0. The SMILES string of the molecule is CC1=Cc2c(-c3ccc(C4CCCCC4)cc3)cccc2[CH]1[Zr]([Cl])([Cl])([CH]1C(C2CCCC2)=Cc2c(-c3ccc(C4CCCCC4)cc3)cccc21)[SiH](C)C. The molecule has 2 atom stereocenters.